The molecule has 0 unspecified atom stereocenters. The molecule has 3 rings (SSSR count). The maximum absolute atomic E-state index is 9.60. The molecule has 0 atom stereocenters. The summed E-state index contributed by atoms with van der Waals surface area (Å²) < 4.78 is 0. The zero-order valence-corrected chi connectivity index (χ0v) is 10.4. The molecule has 18 heavy (non-hydrogen) atoms. The first kappa shape index (κ1) is 11.0. The lowest BCUT2D eigenvalue weighted by atomic mass is 9.72. The first-order chi connectivity index (χ1) is 8.49. The summed E-state index contributed by atoms with van der Waals surface area (Å²) in [4.78, 5) is 8.47. The fourth-order valence-electron chi connectivity index (χ4n) is 2.79. The molecule has 0 radical (unpaired) electrons. The molecule has 4 heteroatoms. The third kappa shape index (κ3) is 1.45. The number of nitrogens with two attached hydrogens (primary N) is 1. The molecule has 2 aromatic rings. The average Bonchev–Trinajstić information content (AvgIpc) is 2.27. The van der Waals surface area contributed by atoms with E-state index in [2.05, 4.69) is 23.8 Å². The van der Waals surface area contributed by atoms with Gasteiger partial charge < -0.3 is 10.8 Å². The first-order valence-electron chi connectivity index (χ1n) is 5.92. The lowest BCUT2D eigenvalue weighted by Crippen LogP contribution is -2.28. The van der Waals surface area contributed by atoms with E-state index in [0.29, 0.717) is 5.82 Å². The Balaban J connectivity index is 2.35. The van der Waals surface area contributed by atoms with E-state index < -0.39 is 0 Å². The summed E-state index contributed by atoms with van der Waals surface area (Å²) in [5, 5.41) is 9.60. The molecule has 92 valence electrons. The molecule has 0 aliphatic heterocycles. The Morgan fingerprint density at radius 2 is 2.06 bits per heavy atom. The predicted octanol–water partition coefficient (Wildman–Crippen LogP) is 2.27. The molecular weight excluding hydrogens is 226 g/mol. The predicted molar refractivity (Wildman–Crippen MR) is 70.3 cm³/mol. The van der Waals surface area contributed by atoms with E-state index in [-0.39, 0.29) is 11.2 Å². The number of nitrogens with zero attached hydrogens (tertiary/aromatic N) is 2. The Morgan fingerprint density at radius 1 is 1.28 bits per heavy atom. The van der Waals surface area contributed by atoms with Gasteiger partial charge in [-0.3, -0.25) is 0 Å². The number of fused-ring (bicyclic) bond motifs is 3. The lowest BCUT2D eigenvalue weighted by Gasteiger charge is -2.33. The number of aromatic hydroxyl groups is 1. The largest absolute Gasteiger partial charge is 0.508 e. The van der Waals surface area contributed by atoms with Gasteiger partial charge in [-0.05, 0) is 35.6 Å². The van der Waals surface area contributed by atoms with Crippen LogP contribution in [0.4, 0.5) is 5.82 Å². The number of hydrogen-bond acceptors (Lipinski definition) is 4. The second-order valence-electron chi connectivity index (χ2n) is 5.38. The highest BCUT2D eigenvalue weighted by molar-refractivity contribution is 5.75. The molecule has 1 heterocycles. The van der Waals surface area contributed by atoms with Crippen molar-refractivity contribution in [2.45, 2.75) is 25.7 Å². The Kier molecular flexibility index (Phi) is 2.11. The fourth-order valence-corrected chi connectivity index (χ4v) is 2.79. The van der Waals surface area contributed by atoms with Crippen LogP contribution in [0.25, 0.3) is 11.3 Å². The zero-order chi connectivity index (χ0) is 12.9. The molecule has 0 spiro atoms. The number of nitrogen functional groups attached to an aromatic ring is 1. The van der Waals surface area contributed by atoms with Crippen molar-refractivity contribution in [3.05, 3.63) is 35.7 Å². The normalized spacial score (nSPS) is 15.9. The summed E-state index contributed by atoms with van der Waals surface area (Å²) in [6.07, 6.45) is 2.31. The lowest BCUT2D eigenvalue weighted by molar-refractivity contribution is 0.470. The van der Waals surface area contributed by atoms with Crippen molar-refractivity contribution in [1.82, 2.24) is 9.97 Å². The summed E-state index contributed by atoms with van der Waals surface area (Å²) in [6, 6.07) is 5.38. The van der Waals surface area contributed by atoms with Gasteiger partial charge in [0.25, 0.3) is 0 Å². The van der Waals surface area contributed by atoms with Crippen molar-refractivity contribution >= 4 is 5.82 Å². The molecule has 0 saturated heterocycles. The number of phenolic OH excluding ortho intramolecular Hbond substituents is 1. The minimum absolute atomic E-state index is 0.124. The van der Waals surface area contributed by atoms with Crippen molar-refractivity contribution in [3.8, 4) is 17.0 Å². The van der Waals surface area contributed by atoms with Gasteiger partial charge in [-0.25, -0.2) is 9.97 Å². The zero-order valence-electron chi connectivity index (χ0n) is 10.4. The van der Waals surface area contributed by atoms with Crippen molar-refractivity contribution in [2.75, 3.05) is 5.73 Å². The fraction of sp³-hybridized carbons (Fsp3) is 0.286. The van der Waals surface area contributed by atoms with Gasteiger partial charge >= 0.3 is 0 Å². The summed E-state index contributed by atoms with van der Waals surface area (Å²) in [6.45, 7) is 4.25. The second kappa shape index (κ2) is 3.45. The molecule has 0 amide bonds. The van der Waals surface area contributed by atoms with Crippen LogP contribution in [0.2, 0.25) is 0 Å². The quantitative estimate of drug-likeness (QED) is 0.742. The highest BCUT2D eigenvalue weighted by Gasteiger charge is 2.34. The van der Waals surface area contributed by atoms with Gasteiger partial charge in [0.15, 0.2) is 0 Å². The smallest absolute Gasteiger partial charge is 0.131 e. The Bertz CT molecular complexity index is 635. The van der Waals surface area contributed by atoms with E-state index in [4.69, 9.17) is 5.73 Å². The highest BCUT2D eigenvalue weighted by atomic mass is 16.3. The number of benzene rings is 1. The van der Waals surface area contributed by atoms with Crippen LogP contribution < -0.4 is 5.73 Å². The van der Waals surface area contributed by atoms with Crippen molar-refractivity contribution < 1.29 is 5.11 Å². The van der Waals surface area contributed by atoms with Crippen molar-refractivity contribution in [2.24, 2.45) is 0 Å². The van der Waals surface area contributed by atoms with E-state index in [0.717, 1.165) is 28.8 Å². The monoisotopic (exact) mass is 241 g/mol. The van der Waals surface area contributed by atoms with Crippen LogP contribution in [0.15, 0.2) is 24.5 Å². The molecule has 1 aromatic carbocycles. The van der Waals surface area contributed by atoms with Gasteiger partial charge in [-0.1, -0.05) is 13.8 Å². The summed E-state index contributed by atoms with van der Waals surface area (Å²) in [5.41, 5.74) is 9.91. The molecule has 3 N–H and O–H groups in total. The summed E-state index contributed by atoms with van der Waals surface area (Å²) in [5.74, 6) is 0.832. The second-order valence-corrected chi connectivity index (χ2v) is 5.38. The molecule has 1 aromatic heterocycles. The van der Waals surface area contributed by atoms with Gasteiger partial charge in [0, 0.05) is 11.1 Å². The number of anilines is 1. The Hall–Kier alpha value is -2.10. The van der Waals surface area contributed by atoms with Crippen LogP contribution in [0.1, 0.15) is 25.0 Å². The third-order valence-corrected chi connectivity index (χ3v) is 3.53. The summed E-state index contributed by atoms with van der Waals surface area (Å²) >= 11 is 0. The van der Waals surface area contributed by atoms with Crippen molar-refractivity contribution in [1.29, 1.82) is 0 Å². The van der Waals surface area contributed by atoms with E-state index in [1.165, 1.54) is 6.33 Å². The molecular formula is C14H15N3O. The van der Waals surface area contributed by atoms with E-state index in [9.17, 15) is 5.11 Å². The SMILES string of the molecule is CC1(C)Cc2cc(O)ccc2-c2ncnc(N)c21. The topological polar surface area (TPSA) is 72.0 Å². The average molecular weight is 241 g/mol. The first-order valence-corrected chi connectivity index (χ1v) is 5.92. The molecule has 1 aliphatic carbocycles. The van der Waals surface area contributed by atoms with E-state index >= 15 is 0 Å². The maximum Gasteiger partial charge on any atom is 0.131 e. The van der Waals surface area contributed by atoms with Gasteiger partial charge in [-0.15, -0.1) is 0 Å². The minimum Gasteiger partial charge on any atom is -0.508 e. The summed E-state index contributed by atoms with van der Waals surface area (Å²) in [7, 11) is 0. The highest BCUT2D eigenvalue weighted by Crippen LogP contribution is 2.44. The van der Waals surface area contributed by atoms with Gasteiger partial charge in [0.2, 0.25) is 0 Å². The molecule has 4 nitrogen and oxygen atoms in total. The van der Waals surface area contributed by atoms with Crippen LogP contribution >= 0.6 is 0 Å². The van der Waals surface area contributed by atoms with Gasteiger partial charge in [0.05, 0.1) is 5.69 Å². The van der Waals surface area contributed by atoms with Gasteiger partial charge in [-0.2, -0.15) is 0 Å². The molecule has 0 bridgehead atoms. The van der Waals surface area contributed by atoms with Crippen LogP contribution in [-0.4, -0.2) is 15.1 Å². The standard InChI is InChI=1S/C14H15N3O/c1-14(2)6-8-5-9(18)3-4-10(8)12-11(14)13(15)17-7-16-12/h3-5,7,18H,6H2,1-2H3,(H2,15,16,17). The number of phenols is 1. The number of hydrogen-bond donors (Lipinski definition) is 2. The third-order valence-electron chi connectivity index (χ3n) is 3.53. The van der Waals surface area contributed by atoms with Crippen LogP contribution in [-0.2, 0) is 11.8 Å². The van der Waals surface area contributed by atoms with Crippen LogP contribution in [0.5, 0.6) is 5.75 Å². The Labute approximate surface area is 106 Å². The Morgan fingerprint density at radius 3 is 2.83 bits per heavy atom. The molecule has 0 saturated carbocycles. The van der Waals surface area contributed by atoms with Crippen LogP contribution in [0.3, 0.4) is 0 Å². The molecule has 0 fully saturated rings. The van der Waals surface area contributed by atoms with E-state index in [1.807, 2.05) is 6.07 Å². The van der Waals surface area contributed by atoms with Gasteiger partial charge in [0.1, 0.15) is 17.9 Å². The number of aromatic nitrogens is 2. The van der Waals surface area contributed by atoms with Crippen molar-refractivity contribution in [3.63, 3.8) is 0 Å². The van der Waals surface area contributed by atoms with Crippen LogP contribution in [0, 0.1) is 0 Å². The molecule has 1 aliphatic rings. The maximum atomic E-state index is 9.60. The minimum atomic E-state index is -0.124. The van der Waals surface area contributed by atoms with E-state index in [1.54, 1.807) is 12.1 Å². The number of rotatable bonds is 0.